The first kappa shape index (κ1) is 14.9. The van der Waals surface area contributed by atoms with Gasteiger partial charge >= 0.3 is 0 Å². The lowest BCUT2D eigenvalue weighted by Gasteiger charge is -2.35. The van der Waals surface area contributed by atoms with E-state index in [0.29, 0.717) is 13.0 Å². The maximum absolute atomic E-state index is 10.2. The Balaban J connectivity index is 4.19. The summed E-state index contributed by atoms with van der Waals surface area (Å²) >= 11 is 0. The molecule has 0 aromatic carbocycles. The Kier molecular flexibility index (Phi) is 4.77. The Morgan fingerprint density at radius 2 is 1.53 bits per heavy atom. The quantitative estimate of drug-likeness (QED) is 0.739. The van der Waals surface area contributed by atoms with Crippen molar-refractivity contribution in [3.05, 3.63) is 0 Å². The van der Waals surface area contributed by atoms with E-state index in [1.54, 1.807) is 7.11 Å². The van der Waals surface area contributed by atoms with Gasteiger partial charge in [0.05, 0.1) is 11.2 Å². The molecule has 0 aliphatic rings. The van der Waals surface area contributed by atoms with Crippen molar-refractivity contribution in [2.24, 2.45) is 0 Å². The van der Waals surface area contributed by atoms with Crippen LogP contribution in [0.5, 0.6) is 0 Å². The fraction of sp³-hybridized carbons (Fsp3) is 1.00. The molecule has 0 rings (SSSR count). The molecule has 92 valence electrons. The molecule has 15 heavy (non-hydrogen) atoms. The van der Waals surface area contributed by atoms with Crippen LogP contribution in [0.3, 0.4) is 0 Å². The van der Waals surface area contributed by atoms with Crippen molar-refractivity contribution < 1.29 is 9.84 Å². The van der Waals surface area contributed by atoms with Gasteiger partial charge in [0.1, 0.15) is 0 Å². The van der Waals surface area contributed by atoms with E-state index in [1.807, 2.05) is 20.8 Å². The fourth-order valence-corrected chi connectivity index (χ4v) is 1.51. The summed E-state index contributed by atoms with van der Waals surface area (Å²) in [6, 6.07) is 0. The molecule has 3 heteroatoms. The first-order chi connectivity index (χ1) is 6.47. The highest BCUT2D eigenvalue weighted by molar-refractivity contribution is 4.86. The minimum atomic E-state index is -0.743. The van der Waals surface area contributed by atoms with Gasteiger partial charge in [-0.15, -0.1) is 0 Å². The molecule has 0 aromatic rings. The van der Waals surface area contributed by atoms with Crippen molar-refractivity contribution >= 4 is 0 Å². The number of aliphatic hydroxyl groups is 1. The lowest BCUT2D eigenvalue weighted by molar-refractivity contribution is -0.0593. The number of rotatable bonds is 5. The average molecular weight is 217 g/mol. The number of hydrogen-bond acceptors (Lipinski definition) is 3. The minimum absolute atomic E-state index is 0.0290. The second kappa shape index (κ2) is 4.81. The van der Waals surface area contributed by atoms with Crippen LogP contribution in [-0.4, -0.2) is 35.5 Å². The van der Waals surface area contributed by atoms with E-state index in [4.69, 9.17) is 4.74 Å². The van der Waals surface area contributed by atoms with Crippen molar-refractivity contribution in [3.63, 3.8) is 0 Å². The number of methoxy groups -OCH3 is 1. The van der Waals surface area contributed by atoms with E-state index in [0.717, 1.165) is 0 Å². The zero-order chi connectivity index (χ0) is 12.3. The average Bonchev–Trinajstić information content (AvgIpc) is 1.98. The van der Waals surface area contributed by atoms with Gasteiger partial charge in [0.2, 0.25) is 0 Å². The molecule has 0 spiro atoms. The molecule has 0 amide bonds. The first-order valence-corrected chi connectivity index (χ1v) is 5.50. The summed E-state index contributed by atoms with van der Waals surface area (Å²) in [4.78, 5) is 0. The van der Waals surface area contributed by atoms with Crippen LogP contribution in [0, 0.1) is 0 Å². The summed E-state index contributed by atoms with van der Waals surface area (Å²) in [6.45, 7) is 12.6. The smallest absolute Gasteiger partial charge is 0.0770 e. The van der Waals surface area contributed by atoms with Crippen molar-refractivity contribution in [2.45, 2.75) is 64.7 Å². The number of nitrogens with one attached hydrogen (secondary N) is 1. The van der Waals surface area contributed by atoms with Gasteiger partial charge in [-0.1, -0.05) is 0 Å². The molecule has 3 nitrogen and oxygen atoms in total. The van der Waals surface area contributed by atoms with Gasteiger partial charge in [0.25, 0.3) is 0 Å². The lowest BCUT2D eigenvalue weighted by Crippen LogP contribution is -2.49. The van der Waals surface area contributed by atoms with Gasteiger partial charge in [-0.25, -0.2) is 0 Å². The van der Waals surface area contributed by atoms with Crippen molar-refractivity contribution in [1.82, 2.24) is 5.32 Å². The molecule has 0 bridgehead atoms. The van der Waals surface area contributed by atoms with Crippen LogP contribution in [0.25, 0.3) is 0 Å². The molecule has 0 aliphatic heterocycles. The number of β-amino-alcohol motifs (C(OH)–C–C–N with tert-alkyl or cyclic N) is 1. The van der Waals surface area contributed by atoms with Crippen LogP contribution < -0.4 is 5.32 Å². The van der Waals surface area contributed by atoms with Crippen LogP contribution in [0.2, 0.25) is 0 Å². The van der Waals surface area contributed by atoms with Crippen molar-refractivity contribution in [2.75, 3.05) is 13.7 Å². The number of hydrogen-bond donors (Lipinski definition) is 2. The van der Waals surface area contributed by atoms with Gasteiger partial charge in [0, 0.05) is 25.6 Å². The molecule has 0 aromatic heterocycles. The zero-order valence-electron chi connectivity index (χ0n) is 11.3. The van der Waals surface area contributed by atoms with Crippen LogP contribution in [-0.2, 0) is 4.74 Å². The van der Waals surface area contributed by atoms with Crippen molar-refractivity contribution in [1.29, 1.82) is 0 Å². The van der Waals surface area contributed by atoms with E-state index in [2.05, 4.69) is 26.1 Å². The second-order valence-electron chi connectivity index (χ2n) is 6.24. The van der Waals surface area contributed by atoms with Gasteiger partial charge < -0.3 is 15.2 Å². The molecular weight excluding hydrogens is 190 g/mol. The molecule has 2 N–H and O–H groups in total. The third kappa shape index (κ3) is 7.77. The molecule has 1 atom stereocenters. The summed E-state index contributed by atoms with van der Waals surface area (Å²) in [5, 5.41) is 13.5. The highest BCUT2D eigenvalue weighted by atomic mass is 16.5. The van der Waals surface area contributed by atoms with E-state index < -0.39 is 5.60 Å². The molecule has 0 radical (unpaired) electrons. The standard InChI is InChI=1S/C12H27NO2/c1-10(2,3)13-9-12(6,14)8-11(4,5)15-7/h13-14H,8-9H2,1-7H3. The van der Waals surface area contributed by atoms with Crippen LogP contribution >= 0.6 is 0 Å². The maximum atomic E-state index is 10.2. The predicted molar refractivity (Wildman–Crippen MR) is 64.1 cm³/mol. The van der Waals surface area contributed by atoms with Gasteiger partial charge in [-0.2, -0.15) is 0 Å². The molecule has 0 heterocycles. The zero-order valence-corrected chi connectivity index (χ0v) is 11.3. The van der Waals surface area contributed by atoms with E-state index in [-0.39, 0.29) is 11.1 Å². The third-order valence-electron chi connectivity index (χ3n) is 2.36. The predicted octanol–water partition coefficient (Wildman–Crippen LogP) is 1.94. The highest BCUT2D eigenvalue weighted by Gasteiger charge is 2.31. The normalized spacial score (nSPS) is 17.6. The molecule has 0 aliphatic carbocycles. The van der Waals surface area contributed by atoms with Gasteiger partial charge in [0.15, 0.2) is 0 Å². The van der Waals surface area contributed by atoms with Crippen LogP contribution in [0.15, 0.2) is 0 Å². The third-order valence-corrected chi connectivity index (χ3v) is 2.36. The van der Waals surface area contributed by atoms with E-state index in [1.165, 1.54) is 0 Å². The van der Waals surface area contributed by atoms with E-state index >= 15 is 0 Å². The minimum Gasteiger partial charge on any atom is -0.389 e. The second-order valence-corrected chi connectivity index (χ2v) is 6.24. The summed E-state index contributed by atoms with van der Waals surface area (Å²) in [5.41, 5.74) is -1.00. The van der Waals surface area contributed by atoms with Gasteiger partial charge in [-0.3, -0.25) is 0 Å². The molecular formula is C12H27NO2. The summed E-state index contributed by atoms with van der Waals surface area (Å²) < 4.78 is 5.32. The maximum Gasteiger partial charge on any atom is 0.0770 e. The Bertz CT molecular complexity index is 192. The monoisotopic (exact) mass is 217 g/mol. The Labute approximate surface area is 94.2 Å². The fourth-order valence-electron chi connectivity index (χ4n) is 1.51. The molecule has 0 saturated heterocycles. The molecule has 1 unspecified atom stereocenters. The molecule has 0 saturated carbocycles. The topological polar surface area (TPSA) is 41.5 Å². The first-order valence-electron chi connectivity index (χ1n) is 5.50. The van der Waals surface area contributed by atoms with E-state index in [9.17, 15) is 5.11 Å². The SMILES string of the molecule is COC(C)(C)CC(C)(O)CNC(C)(C)C. The Hall–Kier alpha value is -0.120. The largest absolute Gasteiger partial charge is 0.389 e. The van der Waals surface area contributed by atoms with Crippen molar-refractivity contribution in [3.8, 4) is 0 Å². The van der Waals surface area contributed by atoms with Gasteiger partial charge in [-0.05, 0) is 41.5 Å². The van der Waals surface area contributed by atoms with Crippen LogP contribution in [0.1, 0.15) is 48.0 Å². The summed E-state index contributed by atoms with van der Waals surface area (Å²) in [5.74, 6) is 0. The summed E-state index contributed by atoms with van der Waals surface area (Å²) in [6.07, 6.45) is 0.611. The summed E-state index contributed by atoms with van der Waals surface area (Å²) in [7, 11) is 1.67. The number of ether oxygens (including phenoxy) is 1. The molecule has 0 fully saturated rings. The van der Waals surface area contributed by atoms with Crippen LogP contribution in [0.4, 0.5) is 0 Å². The Morgan fingerprint density at radius 3 is 1.87 bits per heavy atom. The lowest BCUT2D eigenvalue weighted by atomic mass is 9.90. The Morgan fingerprint density at radius 1 is 1.07 bits per heavy atom. The highest BCUT2D eigenvalue weighted by Crippen LogP contribution is 2.22.